The minimum absolute atomic E-state index is 0.0411. The third-order valence-electron chi connectivity index (χ3n) is 6.01. The van der Waals surface area contributed by atoms with Crippen LogP contribution in [0.2, 0.25) is 0 Å². The van der Waals surface area contributed by atoms with Crippen molar-refractivity contribution in [3.05, 3.63) is 90.0 Å². The van der Waals surface area contributed by atoms with Crippen LogP contribution in [0.5, 0.6) is 0 Å². The predicted molar refractivity (Wildman–Crippen MR) is 136 cm³/mol. The first-order valence-electron chi connectivity index (χ1n) is 11.3. The fourth-order valence-electron chi connectivity index (χ4n) is 4.19. The van der Waals surface area contributed by atoms with Crippen LogP contribution < -0.4 is 4.90 Å². The third-order valence-corrected chi connectivity index (χ3v) is 6.87. The number of anilines is 1. The highest BCUT2D eigenvalue weighted by Gasteiger charge is 2.44. The summed E-state index contributed by atoms with van der Waals surface area (Å²) in [5.74, 6) is -0.817. The Balaban J connectivity index is 1.38. The molecule has 3 aromatic carbocycles. The van der Waals surface area contributed by atoms with Gasteiger partial charge in [0.15, 0.2) is 5.16 Å². The maximum absolute atomic E-state index is 13.4. The quantitative estimate of drug-likeness (QED) is 0.312. The van der Waals surface area contributed by atoms with Crippen LogP contribution in [0.4, 0.5) is 5.69 Å². The van der Waals surface area contributed by atoms with E-state index < -0.39 is 6.04 Å². The zero-order valence-corrected chi connectivity index (χ0v) is 20.0. The van der Waals surface area contributed by atoms with Gasteiger partial charge in [0.1, 0.15) is 6.04 Å². The molecule has 1 saturated heterocycles. The lowest BCUT2D eigenvalue weighted by Gasteiger charge is -2.27. The highest BCUT2D eigenvalue weighted by atomic mass is 32.2. The number of benzene rings is 3. The maximum Gasteiger partial charge on any atom is 0.257 e. The van der Waals surface area contributed by atoms with Crippen molar-refractivity contribution in [1.29, 1.82) is 0 Å². The van der Waals surface area contributed by atoms with Crippen LogP contribution >= 0.6 is 11.8 Å². The van der Waals surface area contributed by atoms with Crippen molar-refractivity contribution in [2.24, 2.45) is 0 Å². The molecule has 0 radical (unpaired) electrons. The molecule has 1 atom stereocenters. The van der Waals surface area contributed by atoms with E-state index >= 15 is 0 Å². The van der Waals surface area contributed by atoms with E-state index in [2.05, 4.69) is 9.97 Å². The number of aromatic nitrogens is 2. The molecule has 3 amide bonds. The minimum Gasteiger partial charge on any atom is -0.333 e. The van der Waals surface area contributed by atoms with Gasteiger partial charge in [-0.2, -0.15) is 0 Å². The number of para-hydroxylation sites is 2. The second-order valence-corrected chi connectivity index (χ2v) is 9.44. The third kappa shape index (κ3) is 4.83. The van der Waals surface area contributed by atoms with Crippen molar-refractivity contribution in [2.45, 2.75) is 31.1 Å². The Hall–Kier alpha value is -3.91. The van der Waals surface area contributed by atoms with Crippen LogP contribution in [0, 0.1) is 6.92 Å². The normalized spacial score (nSPS) is 15.7. The minimum atomic E-state index is -0.854. The number of H-pyrrole nitrogens is 1. The Morgan fingerprint density at radius 2 is 1.74 bits per heavy atom. The molecular formula is C27H24N4O3S. The Morgan fingerprint density at radius 1 is 1.03 bits per heavy atom. The lowest BCUT2D eigenvalue weighted by Crippen LogP contribution is -2.45. The molecule has 1 aromatic heterocycles. The average molecular weight is 485 g/mol. The van der Waals surface area contributed by atoms with Crippen molar-refractivity contribution in [1.82, 2.24) is 14.9 Å². The number of rotatable bonds is 7. The highest BCUT2D eigenvalue weighted by molar-refractivity contribution is 7.99. The van der Waals surface area contributed by atoms with E-state index in [0.29, 0.717) is 10.8 Å². The standard InChI is InChI=1S/C27H24N4O3S/c1-18-11-13-20(14-12-18)31-24(32)15-23(26(31)34)30(16-19-7-3-2-4-8-19)25(33)17-35-27-28-21-9-5-6-10-22(21)29-27/h2-14,23H,15-17H2,1H3,(H,28,29). The fourth-order valence-corrected chi connectivity index (χ4v) is 4.96. The molecule has 7 nitrogen and oxygen atoms in total. The van der Waals surface area contributed by atoms with E-state index in [0.717, 1.165) is 22.2 Å². The molecule has 5 rings (SSSR count). The summed E-state index contributed by atoms with van der Waals surface area (Å²) in [6, 6.07) is 23.5. The number of nitrogens with one attached hydrogen (secondary N) is 1. The zero-order valence-electron chi connectivity index (χ0n) is 19.2. The van der Waals surface area contributed by atoms with Crippen molar-refractivity contribution in [3.8, 4) is 0 Å². The number of amides is 3. The van der Waals surface area contributed by atoms with E-state index in [1.165, 1.54) is 21.6 Å². The van der Waals surface area contributed by atoms with Crippen LogP contribution in [0.3, 0.4) is 0 Å². The highest BCUT2D eigenvalue weighted by Crippen LogP contribution is 2.28. The molecule has 2 heterocycles. The molecule has 8 heteroatoms. The molecule has 0 bridgehead atoms. The molecule has 1 aliphatic heterocycles. The van der Waals surface area contributed by atoms with E-state index in [4.69, 9.17) is 0 Å². The largest absolute Gasteiger partial charge is 0.333 e. The van der Waals surface area contributed by atoms with Crippen LogP contribution in [-0.4, -0.2) is 44.4 Å². The summed E-state index contributed by atoms with van der Waals surface area (Å²) in [5.41, 5.74) is 4.18. The summed E-state index contributed by atoms with van der Waals surface area (Å²) in [6.45, 7) is 2.19. The van der Waals surface area contributed by atoms with Crippen LogP contribution in [0.15, 0.2) is 84.0 Å². The molecular weight excluding hydrogens is 460 g/mol. The van der Waals surface area contributed by atoms with Crippen molar-refractivity contribution in [3.63, 3.8) is 0 Å². The summed E-state index contributed by atoms with van der Waals surface area (Å²) in [7, 11) is 0. The zero-order chi connectivity index (χ0) is 24.4. The summed E-state index contributed by atoms with van der Waals surface area (Å²) in [6.07, 6.45) is -0.0411. The first-order chi connectivity index (χ1) is 17.0. The molecule has 1 N–H and O–H groups in total. The number of hydrogen-bond acceptors (Lipinski definition) is 5. The topological polar surface area (TPSA) is 86.4 Å². The van der Waals surface area contributed by atoms with E-state index in [-0.39, 0.29) is 36.4 Å². The van der Waals surface area contributed by atoms with E-state index in [1.54, 1.807) is 12.1 Å². The number of hydrogen-bond donors (Lipinski definition) is 1. The van der Waals surface area contributed by atoms with Gasteiger partial charge < -0.3 is 9.88 Å². The van der Waals surface area contributed by atoms with Gasteiger partial charge in [-0.25, -0.2) is 9.88 Å². The second kappa shape index (κ2) is 9.76. The number of carbonyl (C=O) groups is 3. The molecule has 0 aliphatic carbocycles. The SMILES string of the molecule is Cc1ccc(N2C(=O)CC(N(Cc3ccccc3)C(=O)CSc3nc4ccccc4[nH]3)C2=O)cc1. The fraction of sp³-hybridized carbons (Fsp3) is 0.185. The van der Waals surface area contributed by atoms with Gasteiger partial charge in [-0.05, 0) is 36.8 Å². The van der Waals surface area contributed by atoms with Crippen molar-refractivity contribution >= 4 is 46.2 Å². The molecule has 176 valence electrons. The second-order valence-electron chi connectivity index (χ2n) is 8.48. The predicted octanol–water partition coefficient (Wildman–Crippen LogP) is 4.32. The number of fused-ring (bicyclic) bond motifs is 1. The Kier molecular flexibility index (Phi) is 6.37. The number of aromatic amines is 1. The van der Waals surface area contributed by atoms with Crippen LogP contribution in [0.25, 0.3) is 11.0 Å². The molecule has 4 aromatic rings. The maximum atomic E-state index is 13.4. The Morgan fingerprint density at radius 3 is 2.49 bits per heavy atom. The summed E-state index contributed by atoms with van der Waals surface area (Å²) in [5, 5.41) is 0.634. The molecule has 1 fully saturated rings. The summed E-state index contributed by atoms with van der Waals surface area (Å²) >= 11 is 1.29. The number of imide groups is 1. The summed E-state index contributed by atoms with van der Waals surface area (Å²) in [4.78, 5) is 50.2. The molecule has 35 heavy (non-hydrogen) atoms. The Bertz CT molecular complexity index is 1350. The lowest BCUT2D eigenvalue weighted by molar-refractivity contribution is -0.136. The van der Waals surface area contributed by atoms with Gasteiger partial charge in [0.2, 0.25) is 11.8 Å². The van der Waals surface area contributed by atoms with Gasteiger partial charge >= 0.3 is 0 Å². The number of carbonyl (C=O) groups excluding carboxylic acids is 3. The van der Waals surface area contributed by atoms with Crippen LogP contribution in [0.1, 0.15) is 17.5 Å². The van der Waals surface area contributed by atoms with E-state index in [9.17, 15) is 14.4 Å². The van der Waals surface area contributed by atoms with Gasteiger partial charge in [0.25, 0.3) is 5.91 Å². The van der Waals surface area contributed by atoms with Gasteiger partial charge in [0, 0.05) is 6.54 Å². The number of nitrogens with zero attached hydrogens (tertiary/aromatic N) is 3. The van der Waals surface area contributed by atoms with Gasteiger partial charge in [-0.1, -0.05) is 71.9 Å². The van der Waals surface area contributed by atoms with Gasteiger partial charge in [-0.3, -0.25) is 14.4 Å². The molecule has 1 aliphatic rings. The van der Waals surface area contributed by atoms with Crippen molar-refractivity contribution in [2.75, 3.05) is 10.7 Å². The summed E-state index contributed by atoms with van der Waals surface area (Å²) < 4.78 is 0. The van der Waals surface area contributed by atoms with Gasteiger partial charge in [0.05, 0.1) is 28.9 Å². The molecule has 0 saturated carbocycles. The number of imidazole rings is 1. The number of aryl methyl sites for hydroxylation is 1. The average Bonchev–Trinajstić information content (AvgIpc) is 3.42. The monoisotopic (exact) mass is 484 g/mol. The number of thioether (sulfide) groups is 1. The first kappa shape index (κ1) is 22.9. The van der Waals surface area contributed by atoms with Crippen LogP contribution in [-0.2, 0) is 20.9 Å². The Labute approximate surface area is 207 Å². The lowest BCUT2D eigenvalue weighted by atomic mass is 10.1. The first-order valence-corrected chi connectivity index (χ1v) is 12.3. The molecule has 1 unspecified atom stereocenters. The van der Waals surface area contributed by atoms with Gasteiger partial charge in [-0.15, -0.1) is 0 Å². The van der Waals surface area contributed by atoms with E-state index in [1.807, 2.05) is 73.7 Å². The van der Waals surface area contributed by atoms with Crippen molar-refractivity contribution < 1.29 is 14.4 Å². The molecule has 0 spiro atoms. The smallest absolute Gasteiger partial charge is 0.257 e.